The molecule has 0 aromatic carbocycles. The summed E-state index contributed by atoms with van der Waals surface area (Å²) in [6, 6.07) is 7.89. The zero-order valence-electron chi connectivity index (χ0n) is 14.0. The average Bonchev–Trinajstić information content (AvgIpc) is 3.22. The maximum Gasteiger partial charge on any atom is 0.158 e. The SMILES string of the molecule is c1cnc(-n2cccn2)c(CNc2cc(N3CCCCC3)ncn2)c1. The Labute approximate surface area is 146 Å². The minimum absolute atomic E-state index is 0.624. The maximum absolute atomic E-state index is 4.44. The van der Waals surface area contributed by atoms with Gasteiger partial charge in [0.2, 0.25) is 0 Å². The molecule has 4 rings (SSSR count). The predicted molar refractivity (Wildman–Crippen MR) is 96.8 cm³/mol. The van der Waals surface area contributed by atoms with Crippen molar-refractivity contribution >= 4 is 11.6 Å². The van der Waals surface area contributed by atoms with Crippen LogP contribution in [0.5, 0.6) is 0 Å². The van der Waals surface area contributed by atoms with Crippen molar-refractivity contribution in [1.82, 2.24) is 24.7 Å². The van der Waals surface area contributed by atoms with Crippen LogP contribution in [-0.4, -0.2) is 37.8 Å². The fraction of sp³-hybridized carbons (Fsp3) is 0.333. The van der Waals surface area contributed by atoms with E-state index in [2.05, 4.69) is 30.3 Å². The van der Waals surface area contributed by atoms with E-state index in [1.54, 1.807) is 23.4 Å². The molecule has 1 N–H and O–H groups in total. The molecule has 0 aliphatic carbocycles. The van der Waals surface area contributed by atoms with Crippen LogP contribution in [0, 0.1) is 0 Å². The molecule has 3 aromatic rings. The number of hydrogen-bond donors (Lipinski definition) is 1. The molecule has 1 aliphatic rings. The van der Waals surface area contributed by atoms with Crippen LogP contribution >= 0.6 is 0 Å². The molecule has 7 heteroatoms. The lowest BCUT2D eigenvalue weighted by Gasteiger charge is -2.27. The molecule has 3 aromatic heterocycles. The van der Waals surface area contributed by atoms with E-state index in [0.717, 1.165) is 36.1 Å². The zero-order chi connectivity index (χ0) is 16.9. The molecule has 25 heavy (non-hydrogen) atoms. The van der Waals surface area contributed by atoms with Crippen molar-refractivity contribution in [2.75, 3.05) is 23.3 Å². The van der Waals surface area contributed by atoms with Crippen molar-refractivity contribution in [3.63, 3.8) is 0 Å². The topological polar surface area (TPSA) is 71.8 Å². The van der Waals surface area contributed by atoms with Gasteiger partial charge in [0.15, 0.2) is 5.82 Å². The van der Waals surface area contributed by atoms with Gasteiger partial charge in [0.1, 0.15) is 18.0 Å². The second kappa shape index (κ2) is 7.29. The Morgan fingerprint density at radius 3 is 2.76 bits per heavy atom. The quantitative estimate of drug-likeness (QED) is 0.773. The summed E-state index contributed by atoms with van der Waals surface area (Å²) in [7, 11) is 0. The second-order valence-electron chi connectivity index (χ2n) is 6.10. The van der Waals surface area contributed by atoms with Gasteiger partial charge in [-0.25, -0.2) is 19.6 Å². The van der Waals surface area contributed by atoms with E-state index in [4.69, 9.17) is 0 Å². The normalized spacial score (nSPS) is 14.5. The molecule has 4 heterocycles. The lowest BCUT2D eigenvalue weighted by molar-refractivity contribution is 0.573. The third kappa shape index (κ3) is 3.60. The standard InChI is InChI=1S/C18H21N7/c1-2-9-24(10-3-1)17-12-16(21-14-22-17)20-13-15-6-4-7-19-18(15)25-11-5-8-23-25/h4-8,11-12,14H,1-3,9-10,13H2,(H,20,21,22). The highest BCUT2D eigenvalue weighted by Crippen LogP contribution is 2.20. The molecule has 1 aliphatic heterocycles. The number of nitrogens with zero attached hydrogens (tertiary/aromatic N) is 6. The van der Waals surface area contributed by atoms with Crippen molar-refractivity contribution < 1.29 is 0 Å². The van der Waals surface area contributed by atoms with Crippen molar-refractivity contribution in [3.05, 3.63) is 54.7 Å². The first-order chi connectivity index (χ1) is 12.4. The fourth-order valence-electron chi connectivity index (χ4n) is 3.09. The van der Waals surface area contributed by atoms with Crippen LogP contribution in [0.3, 0.4) is 0 Å². The molecule has 128 valence electrons. The molecule has 0 atom stereocenters. The minimum Gasteiger partial charge on any atom is -0.366 e. The van der Waals surface area contributed by atoms with Gasteiger partial charge in [-0.3, -0.25) is 0 Å². The Hall–Kier alpha value is -2.96. The number of hydrogen-bond acceptors (Lipinski definition) is 6. The molecule has 0 spiro atoms. The van der Waals surface area contributed by atoms with Gasteiger partial charge in [-0.2, -0.15) is 5.10 Å². The first-order valence-corrected chi connectivity index (χ1v) is 8.65. The van der Waals surface area contributed by atoms with E-state index in [1.165, 1.54) is 19.3 Å². The molecule has 1 saturated heterocycles. The van der Waals surface area contributed by atoms with E-state index in [1.807, 2.05) is 30.5 Å². The number of nitrogens with one attached hydrogen (secondary N) is 1. The van der Waals surface area contributed by atoms with Crippen LogP contribution in [0.15, 0.2) is 49.2 Å². The number of aromatic nitrogens is 5. The molecule has 7 nitrogen and oxygen atoms in total. The first-order valence-electron chi connectivity index (χ1n) is 8.65. The van der Waals surface area contributed by atoms with Crippen LogP contribution in [-0.2, 0) is 6.54 Å². The summed E-state index contributed by atoms with van der Waals surface area (Å²) in [5.41, 5.74) is 1.06. The molecule has 0 amide bonds. The molecule has 0 unspecified atom stereocenters. The van der Waals surface area contributed by atoms with E-state index in [-0.39, 0.29) is 0 Å². The highest BCUT2D eigenvalue weighted by Gasteiger charge is 2.13. The van der Waals surface area contributed by atoms with E-state index in [0.29, 0.717) is 6.54 Å². The maximum atomic E-state index is 4.44. The number of piperidine rings is 1. The lowest BCUT2D eigenvalue weighted by atomic mass is 10.1. The van der Waals surface area contributed by atoms with Gasteiger partial charge in [0, 0.05) is 49.9 Å². The fourth-order valence-corrected chi connectivity index (χ4v) is 3.09. The smallest absolute Gasteiger partial charge is 0.158 e. The highest BCUT2D eigenvalue weighted by molar-refractivity contribution is 5.49. The number of rotatable bonds is 5. The van der Waals surface area contributed by atoms with Crippen molar-refractivity contribution in [2.45, 2.75) is 25.8 Å². The summed E-state index contributed by atoms with van der Waals surface area (Å²) < 4.78 is 1.77. The summed E-state index contributed by atoms with van der Waals surface area (Å²) in [6.45, 7) is 2.77. The summed E-state index contributed by atoms with van der Waals surface area (Å²) in [5, 5.41) is 7.66. The zero-order valence-corrected chi connectivity index (χ0v) is 14.0. The van der Waals surface area contributed by atoms with E-state index >= 15 is 0 Å². The Bertz CT molecular complexity index is 810. The van der Waals surface area contributed by atoms with Gasteiger partial charge in [-0.1, -0.05) is 6.07 Å². The van der Waals surface area contributed by atoms with Crippen molar-refractivity contribution in [1.29, 1.82) is 0 Å². The summed E-state index contributed by atoms with van der Waals surface area (Å²) in [5.74, 6) is 2.65. The molecule has 1 fully saturated rings. The van der Waals surface area contributed by atoms with Crippen LogP contribution in [0.4, 0.5) is 11.6 Å². The molecule has 0 bridgehead atoms. The molecule has 0 saturated carbocycles. The van der Waals surface area contributed by atoms with E-state index in [9.17, 15) is 0 Å². The summed E-state index contributed by atoms with van der Waals surface area (Å²) in [6.07, 6.45) is 10.8. The number of pyridine rings is 1. The third-order valence-electron chi connectivity index (χ3n) is 4.38. The monoisotopic (exact) mass is 335 g/mol. The largest absolute Gasteiger partial charge is 0.366 e. The van der Waals surface area contributed by atoms with Gasteiger partial charge >= 0.3 is 0 Å². The second-order valence-corrected chi connectivity index (χ2v) is 6.10. The summed E-state index contributed by atoms with van der Waals surface area (Å²) in [4.78, 5) is 15.5. The van der Waals surface area contributed by atoms with Gasteiger partial charge in [0.05, 0.1) is 0 Å². The minimum atomic E-state index is 0.624. The molecule has 0 radical (unpaired) electrons. The molecular formula is C18H21N7. The van der Waals surface area contributed by atoms with Gasteiger partial charge in [0.25, 0.3) is 0 Å². The van der Waals surface area contributed by atoms with Crippen LogP contribution in [0.2, 0.25) is 0 Å². The van der Waals surface area contributed by atoms with Crippen LogP contribution in [0.25, 0.3) is 5.82 Å². The van der Waals surface area contributed by atoms with E-state index < -0.39 is 0 Å². The first kappa shape index (κ1) is 15.6. The Balaban J connectivity index is 1.49. The van der Waals surface area contributed by atoms with Crippen LogP contribution < -0.4 is 10.2 Å². The number of anilines is 2. The third-order valence-corrected chi connectivity index (χ3v) is 4.38. The highest BCUT2D eigenvalue weighted by atomic mass is 15.3. The predicted octanol–water partition coefficient (Wildman–Crippen LogP) is 2.66. The van der Waals surface area contributed by atoms with Gasteiger partial charge in [-0.15, -0.1) is 0 Å². The van der Waals surface area contributed by atoms with Crippen molar-refractivity contribution in [3.8, 4) is 5.82 Å². The Morgan fingerprint density at radius 2 is 1.92 bits per heavy atom. The Morgan fingerprint density at radius 1 is 1.00 bits per heavy atom. The summed E-state index contributed by atoms with van der Waals surface area (Å²) >= 11 is 0. The Kier molecular flexibility index (Phi) is 4.54. The van der Waals surface area contributed by atoms with Crippen molar-refractivity contribution in [2.24, 2.45) is 0 Å². The average molecular weight is 335 g/mol. The van der Waals surface area contributed by atoms with Crippen LogP contribution in [0.1, 0.15) is 24.8 Å². The van der Waals surface area contributed by atoms with Gasteiger partial charge < -0.3 is 10.2 Å². The van der Waals surface area contributed by atoms with Gasteiger partial charge in [-0.05, 0) is 31.4 Å². The lowest BCUT2D eigenvalue weighted by Crippen LogP contribution is -2.30. The molecular weight excluding hydrogens is 314 g/mol.